The zero-order chi connectivity index (χ0) is 15.2. The summed E-state index contributed by atoms with van der Waals surface area (Å²) in [4.78, 5) is 12.5. The van der Waals surface area contributed by atoms with Crippen LogP contribution in [0.15, 0.2) is 28.7 Å². The number of rotatable bonds is 5. The van der Waals surface area contributed by atoms with Crippen LogP contribution in [0.5, 0.6) is 0 Å². The van der Waals surface area contributed by atoms with E-state index in [4.69, 9.17) is 0 Å². The van der Waals surface area contributed by atoms with Gasteiger partial charge in [-0.2, -0.15) is 0 Å². The van der Waals surface area contributed by atoms with Crippen LogP contribution in [0.1, 0.15) is 32.3 Å². The minimum absolute atomic E-state index is 0. The van der Waals surface area contributed by atoms with Crippen molar-refractivity contribution in [3.63, 3.8) is 0 Å². The van der Waals surface area contributed by atoms with E-state index in [0.717, 1.165) is 36.8 Å². The highest BCUT2D eigenvalue weighted by Crippen LogP contribution is 2.18. The summed E-state index contributed by atoms with van der Waals surface area (Å²) in [5.74, 6) is 0.767. The molecule has 0 aliphatic carbocycles. The number of nitrogens with one attached hydrogen (secondary N) is 2. The smallest absolute Gasteiger partial charge is 0.223 e. The molecule has 0 bridgehead atoms. The summed E-state index contributed by atoms with van der Waals surface area (Å²) in [6, 6.07) is 8.55. The Hall–Kier alpha value is -0.580. The molecule has 3 nitrogen and oxygen atoms in total. The van der Waals surface area contributed by atoms with Gasteiger partial charge in [-0.15, -0.1) is 12.4 Å². The predicted molar refractivity (Wildman–Crippen MR) is 97.5 cm³/mol. The zero-order valence-electron chi connectivity index (χ0n) is 13.3. The summed E-state index contributed by atoms with van der Waals surface area (Å²) < 4.78 is 1.07. The van der Waals surface area contributed by atoms with Crippen molar-refractivity contribution in [2.24, 2.45) is 11.8 Å². The van der Waals surface area contributed by atoms with Gasteiger partial charge in [-0.25, -0.2) is 0 Å². The van der Waals surface area contributed by atoms with Crippen molar-refractivity contribution in [2.75, 3.05) is 13.1 Å². The number of carbonyl (C=O) groups excluding carboxylic acids is 1. The van der Waals surface area contributed by atoms with Crippen LogP contribution < -0.4 is 10.6 Å². The third-order valence-corrected chi connectivity index (χ3v) is 4.84. The lowest BCUT2D eigenvalue weighted by Crippen LogP contribution is -2.50. The summed E-state index contributed by atoms with van der Waals surface area (Å²) in [6.07, 6.45) is 2.71. The first-order valence-corrected chi connectivity index (χ1v) is 8.65. The van der Waals surface area contributed by atoms with E-state index in [1.165, 1.54) is 5.56 Å². The quantitative estimate of drug-likeness (QED) is 0.808. The molecule has 1 aromatic carbocycles. The largest absolute Gasteiger partial charge is 0.353 e. The van der Waals surface area contributed by atoms with Gasteiger partial charge in [0.1, 0.15) is 0 Å². The first-order valence-electron chi connectivity index (χ1n) is 7.85. The fourth-order valence-electron chi connectivity index (χ4n) is 2.90. The van der Waals surface area contributed by atoms with Gasteiger partial charge in [0.05, 0.1) is 0 Å². The van der Waals surface area contributed by atoms with E-state index in [1.54, 1.807) is 0 Å². The Balaban J connectivity index is 0.00000242. The van der Waals surface area contributed by atoms with Gasteiger partial charge in [0, 0.05) is 16.4 Å². The molecule has 1 saturated heterocycles. The van der Waals surface area contributed by atoms with Crippen molar-refractivity contribution in [3.05, 3.63) is 34.3 Å². The van der Waals surface area contributed by atoms with Crippen molar-refractivity contribution in [2.45, 2.75) is 39.2 Å². The van der Waals surface area contributed by atoms with E-state index in [-0.39, 0.29) is 24.2 Å². The van der Waals surface area contributed by atoms with Crippen LogP contribution in [-0.4, -0.2) is 25.0 Å². The highest BCUT2D eigenvalue weighted by molar-refractivity contribution is 9.10. The highest BCUT2D eigenvalue weighted by atomic mass is 79.9. The fourth-order valence-corrected chi connectivity index (χ4v) is 3.35. The van der Waals surface area contributed by atoms with Crippen molar-refractivity contribution in [1.29, 1.82) is 0 Å². The SMILES string of the molecule is CCC(Cc1cccc(Br)c1)C(=O)NC1CCNCC1C.Cl. The number of piperidine rings is 1. The summed E-state index contributed by atoms with van der Waals surface area (Å²) in [5, 5.41) is 6.63. The fraction of sp³-hybridized carbons (Fsp3) is 0.588. The van der Waals surface area contributed by atoms with Crippen LogP contribution in [0.2, 0.25) is 0 Å². The lowest BCUT2D eigenvalue weighted by Gasteiger charge is -2.31. The minimum Gasteiger partial charge on any atom is -0.353 e. The highest BCUT2D eigenvalue weighted by Gasteiger charge is 2.25. The van der Waals surface area contributed by atoms with Crippen LogP contribution in [0.4, 0.5) is 0 Å². The summed E-state index contributed by atoms with van der Waals surface area (Å²) in [6.45, 7) is 6.28. The lowest BCUT2D eigenvalue weighted by molar-refractivity contribution is -0.126. The Labute approximate surface area is 148 Å². The average molecular weight is 390 g/mol. The van der Waals surface area contributed by atoms with Crippen molar-refractivity contribution in [1.82, 2.24) is 10.6 Å². The van der Waals surface area contributed by atoms with Gasteiger partial charge in [0.25, 0.3) is 0 Å². The first kappa shape index (κ1) is 19.5. The molecular weight excluding hydrogens is 364 g/mol. The summed E-state index contributed by atoms with van der Waals surface area (Å²) in [5.41, 5.74) is 1.21. The van der Waals surface area contributed by atoms with Crippen LogP contribution in [0.3, 0.4) is 0 Å². The van der Waals surface area contributed by atoms with E-state index in [0.29, 0.717) is 12.0 Å². The van der Waals surface area contributed by atoms with E-state index >= 15 is 0 Å². The van der Waals surface area contributed by atoms with Gasteiger partial charge in [0.15, 0.2) is 0 Å². The molecule has 0 radical (unpaired) electrons. The molecule has 1 aliphatic rings. The van der Waals surface area contributed by atoms with Gasteiger partial charge in [-0.3, -0.25) is 4.79 Å². The van der Waals surface area contributed by atoms with Crippen molar-refractivity contribution < 1.29 is 4.79 Å². The maximum Gasteiger partial charge on any atom is 0.223 e. The molecule has 1 aromatic rings. The molecule has 0 spiro atoms. The van der Waals surface area contributed by atoms with E-state index in [9.17, 15) is 4.79 Å². The molecule has 1 amide bonds. The number of hydrogen-bond donors (Lipinski definition) is 2. The molecular formula is C17H26BrClN2O. The van der Waals surface area contributed by atoms with E-state index in [2.05, 4.69) is 52.5 Å². The van der Waals surface area contributed by atoms with E-state index in [1.807, 2.05) is 12.1 Å². The number of halogens is 2. The molecule has 22 heavy (non-hydrogen) atoms. The molecule has 0 aromatic heterocycles. The Morgan fingerprint density at radius 2 is 2.27 bits per heavy atom. The topological polar surface area (TPSA) is 41.1 Å². The second-order valence-corrected chi connectivity index (χ2v) is 6.94. The van der Waals surface area contributed by atoms with Gasteiger partial charge in [0.2, 0.25) is 5.91 Å². The molecule has 1 heterocycles. The normalized spacial score (nSPS) is 22.5. The van der Waals surface area contributed by atoms with Crippen LogP contribution in [-0.2, 0) is 11.2 Å². The molecule has 0 saturated carbocycles. The monoisotopic (exact) mass is 388 g/mol. The van der Waals surface area contributed by atoms with Gasteiger partial charge < -0.3 is 10.6 Å². The maximum atomic E-state index is 12.5. The average Bonchev–Trinajstić information content (AvgIpc) is 2.47. The third-order valence-electron chi connectivity index (χ3n) is 4.35. The third kappa shape index (κ3) is 5.56. The molecule has 1 fully saturated rings. The molecule has 2 rings (SSSR count). The van der Waals surface area contributed by atoms with Crippen molar-refractivity contribution >= 4 is 34.2 Å². The molecule has 3 unspecified atom stereocenters. The standard InChI is InChI=1S/C17H25BrN2O.ClH/c1-3-14(9-13-5-4-6-15(18)10-13)17(21)20-16-7-8-19-11-12(16)2;/h4-6,10,12,14,16,19H,3,7-9,11H2,1-2H3,(H,20,21);1H. The minimum atomic E-state index is 0. The summed E-state index contributed by atoms with van der Waals surface area (Å²) in [7, 11) is 0. The van der Waals surface area contributed by atoms with Crippen LogP contribution >= 0.6 is 28.3 Å². The zero-order valence-corrected chi connectivity index (χ0v) is 15.7. The lowest BCUT2D eigenvalue weighted by atomic mass is 9.92. The Morgan fingerprint density at radius 1 is 1.50 bits per heavy atom. The maximum absolute atomic E-state index is 12.5. The molecule has 124 valence electrons. The number of benzene rings is 1. The first-order chi connectivity index (χ1) is 10.1. The van der Waals surface area contributed by atoms with Gasteiger partial charge in [-0.05, 0) is 56.0 Å². The number of amides is 1. The Bertz CT molecular complexity index is 483. The summed E-state index contributed by atoms with van der Waals surface area (Å²) >= 11 is 3.49. The second kappa shape index (κ2) is 9.53. The molecule has 3 atom stereocenters. The second-order valence-electron chi connectivity index (χ2n) is 6.02. The Morgan fingerprint density at radius 3 is 2.91 bits per heavy atom. The number of hydrogen-bond acceptors (Lipinski definition) is 2. The van der Waals surface area contributed by atoms with E-state index < -0.39 is 0 Å². The van der Waals surface area contributed by atoms with Crippen LogP contribution in [0, 0.1) is 11.8 Å². The number of carbonyl (C=O) groups is 1. The predicted octanol–water partition coefficient (Wildman–Crippen LogP) is 3.55. The van der Waals surface area contributed by atoms with Crippen molar-refractivity contribution in [3.8, 4) is 0 Å². The van der Waals surface area contributed by atoms with Crippen LogP contribution in [0.25, 0.3) is 0 Å². The Kier molecular flexibility index (Phi) is 8.44. The molecule has 5 heteroatoms. The molecule has 1 aliphatic heterocycles. The van der Waals surface area contributed by atoms with Gasteiger partial charge in [-0.1, -0.05) is 41.9 Å². The molecule has 2 N–H and O–H groups in total. The van der Waals surface area contributed by atoms with Gasteiger partial charge >= 0.3 is 0 Å².